The Balaban J connectivity index is 1.87. The lowest BCUT2D eigenvalue weighted by molar-refractivity contribution is -0.00754. The number of hydrogen-bond donors (Lipinski definition) is 1. The number of halogens is 2. The third-order valence-electron chi connectivity index (χ3n) is 4.07. The highest BCUT2D eigenvalue weighted by molar-refractivity contribution is 4.98. The summed E-state index contributed by atoms with van der Waals surface area (Å²) in [5.74, 6) is 1.77. The summed E-state index contributed by atoms with van der Waals surface area (Å²) in [6.45, 7) is 2.20. The Kier molecular flexibility index (Phi) is 5.46. The van der Waals surface area contributed by atoms with Gasteiger partial charge in [-0.05, 0) is 31.6 Å². The third kappa shape index (κ3) is 3.98. The second-order valence-electron chi connectivity index (χ2n) is 5.66. The van der Waals surface area contributed by atoms with Gasteiger partial charge >= 0.3 is 0 Å². The minimum absolute atomic E-state index is 0.100. The summed E-state index contributed by atoms with van der Waals surface area (Å²) in [4.78, 5) is 4.16. The molecule has 0 saturated heterocycles. The minimum atomic E-state index is -2.78. The van der Waals surface area contributed by atoms with Crippen LogP contribution in [0.25, 0.3) is 0 Å². The standard InChI is InChI=1S/C14H22F2N2O2/c1-2-3-9-4-6-10(7-5-9)14-17-12(20-18-14)8-11(19)13(15)16/h9-11,13,19H,2-8H2,1H3. The van der Waals surface area contributed by atoms with E-state index in [2.05, 4.69) is 17.1 Å². The van der Waals surface area contributed by atoms with E-state index >= 15 is 0 Å². The Morgan fingerprint density at radius 2 is 2.00 bits per heavy atom. The van der Waals surface area contributed by atoms with Crippen LogP contribution in [0.4, 0.5) is 8.78 Å². The van der Waals surface area contributed by atoms with E-state index in [0.717, 1.165) is 18.8 Å². The van der Waals surface area contributed by atoms with Crippen LogP contribution in [-0.2, 0) is 6.42 Å². The Labute approximate surface area is 117 Å². The molecule has 1 aromatic rings. The molecule has 1 N–H and O–H groups in total. The topological polar surface area (TPSA) is 59.2 Å². The van der Waals surface area contributed by atoms with Crippen LogP contribution in [0.3, 0.4) is 0 Å². The zero-order valence-corrected chi connectivity index (χ0v) is 11.8. The van der Waals surface area contributed by atoms with Gasteiger partial charge in [0.2, 0.25) is 5.89 Å². The maximum Gasteiger partial charge on any atom is 0.264 e. The molecule has 0 aliphatic heterocycles. The predicted octanol–water partition coefficient (Wildman–Crippen LogP) is 3.31. The second kappa shape index (κ2) is 7.11. The van der Waals surface area contributed by atoms with Crippen LogP contribution in [0.1, 0.15) is 63.1 Å². The van der Waals surface area contributed by atoms with Gasteiger partial charge in [-0.1, -0.05) is 24.9 Å². The van der Waals surface area contributed by atoms with Crippen molar-refractivity contribution in [1.29, 1.82) is 0 Å². The molecule has 1 aliphatic rings. The fourth-order valence-corrected chi connectivity index (χ4v) is 2.90. The first-order valence-electron chi connectivity index (χ1n) is 7.38. The molecule has 6 heteroatoms. The third-order valence-corrected chi connectivity index (χ3v) is 4.07. The Morgan fingerprint density at radius 1 is 1.30 bits per heavy atom. The van der Waals surface area contributed by atoms with Gasteiger partial charge in [0.25, 0.3) is 6.43 Å². The molecular formula is C14H22F2N2O2. The summed E-state index contributed by atoms with van der Waals surface area (Å²) in [5.41, 5.74) is 0. The molecule has 1 aromatic heterocycles. The van der Waals surface area contributed by atoms with E-state index in [1.54, 1.807) is 0 Å². The van der Waals surface area contributed by atoms with Crippen molar-refractivity contribution in [1.82, 2.24) is 10.1 Å². The summed E-state index contributed by atoms with van der Waals surface area (Å²) in [7, 11) is 0. The highest BCUT2D eigenvalue weighted by atomic mass is 19.3. The molecule has 0 aromatic carbocycles. The summed E-state index contributed by atoms with van der Waals surface area (Å²) < 4.78 is 29.5. The van der Waals surface area contributed by atoms with Gasteiger partial charge in [0, 0.05) is 5.92 Å². The number of hydrogen-bond acceptors (Lipinski definition) is 4. The van der Waals surface area contributed by atoms with Crippen molar-refractivity contribution in [2.24, 2.45) is 5.92 Å². The first-order valence-corrected chi connectivity index (χ1v) is 7.38. The monoisotopic (exact) mass is 288 g/mol. The number of rotatable bonds is 6. The SMILES string of the molecule is CCCC1CCC(c2noc(CC(O)C(F)F)n2)CC1. The van der Waals surface area contributed by atoms with Gasteiger partial charge in [-0.25, -0.2) is 8.78 Å². The fraction of sp³-hybridized carbons (Fsp3) is 0.857. The first-order chi connectivity index (χ1) is 9.60. The van der Waals surface area contributed by atoms with E-state index < -0.39 is 12.5 Å². The summed E-state index contributed by atoms with van der Waals surface area (Å²) >= 11 is 0. The average molecular weight is 288 g/mol. The Bertz CT molecular complexity index is 404. The Morgan fingerprint density at radius 3 is 2.60 bits per heavy atom. The van der Waals surface area contributed by atoms with Gasteiger partial charge in [0.05, 0.1) is 6.42 Å². The van der Waals surface area contributed by atoms with Gasteiger partial charge in [-0.15, -0.1) is 0 Å². The largest absolute Gasteiger partial charge is 0.387 e. The van der Waals surface area contributed by atoms with Crippen LogP contribution in [0, 0.1) is 5.92 Å². The maximum atomic E-state index is 12.3. The van der Waals surface area contributed by atoms with Gasteiger partial charge in [0.15, 0.2) is 5.82 Å². The molecule has 1 saturated carbocycles. The molecule has 1 unspecified atom stereocenters. The molecule has 1 aliphatic carbocycles. The van der Waals surface area contributed by atoms with E-state index in [0.29, 0.717) is 5.82 Å². The fourth-order valence-electron chi connectivity index (χ4n) is 2.90. The van der Waals surface area contributed by atoms with E-state index in [1.807, 2.05) is 0 Å². The first kappa shape index (κ1) is 15.4. The van der Waals surface area contributed by atoms with Crippen molar-refractivity contribution < 1.29 is 18.4 Å². The van der Waals surface area contributed by atoms with Crippen LogP contribution in [0.15, 0.2) is 4.52 Å². The van der Waals surface area contributed by atoms with Gasteiger partial charge in [-0.3, -0.25) is 0 Å². The molecule has 2 rings (SSSR count). The van der Waals surface area contributed by atoms with Crippen molar-refractivity contribution in [3.8, 4) is 0 Å². The normalized spacial score (nSPS) is 25.1. The van der Waals surface area contributed by atoms with Crippen LogP contribution < -0.4 is 0 Å². The maximum absolute atomic E-state index is 12.3. The zero-order chi connectivity index (χ0) is 14.5. The molecule has 0 radical (unpaired) electrons. The molecule has 114 valence electrons. The predicted molar refractivity (Wildman–Crippen MR) is 69.6 cm³/mol. The van der Waals surface area contributed by atoms with Crippen molar-refractivity contribution in [2.75, 3.05) is 0 Å². The van der Waals surface area contributed by atoms with Crippen molar-refractivity contribution >= 4 is 0 Å². The summed E-state index contributed by atoms with van der Waals surface area (Å²) in [5, 5.41) is 13.0. The molecule has 0 bridgehead atoms. The van der Waals surface area contributed by atoms with E-state index in [1.165, 1.54) is 25.7 Å². The highest BCUT2D eigenvalue weighted by Gasteiger charge is 2.26. The lowest BCUT2D eigenvalue weighted by atomic mass is 9.80. The van der Waals surface area contributed by atoms with Crippen molar-refractivity contribution in [3.05, 3.63) is 11.7 Å². The van der Waals surface area contributed by atoms with Gasteiger partial charge in [0.1, 0.15) is 6.10 Å². The van der Waals surface area contributed by atoms with E-state index in [9.17, 15) is 8.78 Å². The molecule has 20 heavy (non-hydrogen) atoms. The van der Waals surface area contributed by atoms with Crippen LogP contribution in [-0.4, -0.2) is 27.8 Å². The zero-order valence-electron chi connectivity index (χ0n) is 11.8. The molecule has 0 amide bonds. The van der Waals surface area contributed by atoms with E-state index in [4.69, 9.17) is 9.63 Å². The molecule has 0 spiro atoms. The highest BCUT2D eigenvalue weighted by Crippen LogP contribution is 2.36. The molecule has 1 atom stereocenters. The molecule has 1 heterocycles. The van der Waals surface area contributed by atoms with E-state index in [-0.39, 0.29) is 18.2 Å². The summed E-state index contributed by atoms with van der Waals surface area (Å²) in [6, 6.07) is 0. The Hall–Kier alpha value is -1.04. The van der Waals surface area contributed by atoms with Crippen LogP contribution in [0.5, 0.6) is 0 Å². The molecule has 4 nitrogen and oxygen atoms in total. The van der Waals surface area contributed by atoms with Crippen LogP contribution in [0.2, 0.25) is 0 Å². The number of aromatic nitrogens is 2. The molecule has 1 fully saturated rings. The number of alkyl halides is 2. The van der Waals surface area contributed by atoms with Gasteiger partial charge in [-0.2, -0.15) is 4.98 Å². The summed E-state index contributed by atoms with van der Waals surface area (Å²) in [6.07, 6.45) is 2.08. The minimum Gasteiger partial charge on any atom is -0.387 e. The number of nitrogens with zero attached hydrogens (tertiary/aromatic N) is 2. The lowest BCUT2D eigenvalue weighted by Crippen LogP contribution is -2.20. The van der Waals surface area contributed by atoms with Crippen LogP contribution >= 0.6 is 0 Å². The molecular weight excluding hydrogens is 266 g/mol. The quantitative estimate of drug-likeness (QED) is 0.872. The average Bonchev–Trinajstić information content (AvgIpc) is 2.88. The number of aliphatic hydroxyl groups is 1. The second-order valence-corrected chi connectivity index (χ2v) is 5.66. The van der Waals surface area contributed by atoms with Crippen molar-refractivity contribution in [3.63, 3.8) is 0 Å². The van der Waals surface area contributed by atoms with Crippen molar-refractivity contribution in [2.45, 2.75) is 70.3 Å². The smallest absolute Gasteiger partial charge is 0.264 e. The number of aliphatic hydroxyl groups excluding tert-OH is 1. The van der Waals surface area contributed by atoms with Gasteiger partial charge < -0.3 is 9.63 Å². The lowest BCUT2D eigenvalue weighted by Gasteiger charge is -2.26.